The van der Waals surface area contributed by atoms with Crippen LogP contribution in [0.3, 0.4) is 0 Å². The summed E-state index contributed by atoms with van der Waals surface area (Å²) in [5.41, 5.74) is 8.98. The molecule has 2 aromatic rings. The maximum absolute atomic E-state index is 6.01. The minimum Gasteiger partial charge on any atom is -0.323 e. The molecule has 0 spiro atoms. The van der Waals surface area contributed by atoms with Gasteiger partial charge in [0.05, 0.1) is 35.9 Å². The molecular formula is C12H20N6. The molecule has 0 bridgehead atoms. The molecule has 0 saturated carbocycles. The van der Waals surface area contributed by atoms with Gasteiger partial charge < -0.3 is 5.73 Å². The summed E-state index contributed by atoms with van der Waals surface area (Å²) >= 11 is 0. The molecule has 2 aromatic heterocycles. The van der Waals surface area contributed by atoms with Gasteiger partial charge in [0.1, 0.15) is 0 Å². The van der Waals surface area contributed by atoms with Crippen LogP contribution in [0.15, 0.2) is 12.3 Å². The van der Waals surface area contributed by atoms with Crippen LogP contribution >= 0.6 is 0 Å². The Kier molecular flexibility index (Phi) is 3.76. The third-order valence-electron chi connectivity index (χ3n) is 2.96. The zero-order valence-electron chi connectivity index (χ0n) is 11.2. The fourth-order valence-corrected chi connectivity index (χ4v) is 2.00. The molecule has 0 radical (unpaired) electrons. The summed E-state index contributed by atoms with van der Waals surface area (Å²) in [6.07, 6.45) is 3.90. The van der Waals surface area contributed by atoms with E-state index < -0.39 is 0 Å². The van der Waals surface area contributed by atoms with Crippen LogP contribution in [-0.4, -0.2) is 24.8 Å². The second-order valence-corrected chi connectivity index (χ2v) is 4.64. The molecule has 0 aromatic carbocycles. The van der Waals surface area contributed by atoms with Gasteiger partial charge in [0.25, 0.3) is 0 Å². The van der Waals surface area contributed by atoms with Gasteiger partial charge >= 0.3 is 0 Å². The average Bonchev–Trinajstić information content (AvgIpc) is 2.88. The van der Waals surface area contributed by atoms with Crippen LogP contribution in [0.5, 0.6) is 0 Å². The van der Waals surface area contributed by atoms with Crippen LogP contribution in [0, 0.1) is 6.92 Å². The molecule has 0 aliphatic carbocycles. The van der Waals surface area contributed by atoms with E-state index in [1.165, 1.54) is 0 Å². The number of aryl methyl sites for hydroxylation is 2. The maximum Gasteiger partial charge on any atom is 0.0994 e. The van der Waals surface area contributed by atoms with E-state index in [1.807, 2.05) is 30.9 Å². The molecule has 2 rings (SSSR count). The largest absolute Gasteiger partial charge is 0.323 e. The molecule has 1 atom stereocenters. The smallest absolute Gasteiger partial charge is 0.0994 e. The number of nitrogens with two attached hydrogens (primary N) is 1. The van der Waals surface area contributed by atoms with Gasteiger partial charge in [-0.05, 0) is 19.4 Å². The molecule has 0 fully saturated rings. The third kappa shape index (κ3) is 2.76. The molecule has 0 aliphatic heterocycles. The normalized spacial score (nSPS) is 12.9. The van der Waals surface area contributed by atoms with Gasteiger partial charge in [0, 0.05) is 7.05 Å². The number of rotatable bonds is 5. The van der Waals surface area contributed by atoms with E-state index in [0.717, 1.165) is 29.9 Å². The van der Waals surface area contributed by atoms with Crippen LogP contribution in [0.1, 0.15) is 42.9 Å². The van der Waals surface area contributed by atoms with E-state index in [0.29, 0.717) is 6.54 Å². The van der Waals surface area contributed by atoms with Crippen molar-refractivity contribution in [2.24, 2.45) is 12.8 Å². The summed E-state index contributed by atoms with van der Waals surface area (Å²) in [6, 6.07) is 2.03. The van der Waals surface area contributed by atoms with Gasteiger partial charge in [-0.3, -0.25) is 4.68 Å². The Morgan fingerprint density at radius 1 is 1.44 bits per heavy atom. The van der Waals surface area contributed by atoms with E-state index in [2.05, 4.69) is 22.3 Å². The predicted molar refractivity (Wildman–Crippen MR) is 68.9 cm³/mol. The number of hydrogen-bond donors (Lipinski definition) is 1. The van der Waals surface area contributed by atoms with Crippen molar-refractivity contribution in [1.82, 2.24) is 24.8 Å². The third-order valence-corrected chi connectivity index (χ3v) is 2.96. The minimum atomic E-state index is -0.0166. The summed E-state index contributed by atoms with van der Waals surface area (Å²) in [5, 5.41) is 12.5. The highest BCUT2D eigenvalue weighted by Crippen LogP contribution is 2.12. The van der Waals surface area contributed by atoms with Gasteiger partial charge in [-0.1, -0.05) is 18.6 Å². The first-order chi connectivity index (χ1) is 8.60. The molecule has 18 heavy (non-hydrogen) atoms. The van der Waals surface area contributed by atoms with E-state index in [4.69, 9.17) is 5.73 Å². The molecule has 0 saturated heterocycles. The van der Waals surface area contributed by atoms with Crippen LogP contribution in [-0.2, 0) is 13.6 Å². The Morgan fingerprint density at radius 2 is 2.22 bits per heavy atom. The second-order valence-electron chi connectivity index (χ2n) is 4.64. The fourth-order valence-electron chi connectivity index (χ4n) is 2.00. The Labute approximate surface area is 107 Å². The lowest BCUT2D eigenvalue weighted by atomic mass is 10.1. The van der Waals surface area contributed by atoms with Crippen molar-refractivity contribution >= 4 is 0 Å². The molecule has 2 N–H and O–H groups in total. The average molecular weight is 248 g/mol. The van der Waals surface area contributed by atoms with Crippen molar-refractivity contribution in [2.45, 2.75) is 39.3 Å². The van der Waals surface area contributed by atoms with E-state index in [1.54, 1.807) is 4.68 Å². The zero-order chi connectivity index (χ0) is 13.1. The second kappa shape index (κ2) is 5.30. The molecule has 6 heteroatoms. The summed E-state index contributed by atoms with van der Waals surface area (Å²) in [5.74, 6) is 0. The summed E-state index contributed by atoms with van der Waals surface area (Å²) < 4.78 is 3.67. The topological polar surface area (TPSA) is 74.6 Å². The lowest BCUT2D eigenvalue weighted by Gasteiger charge is -2.04. The molecule has 1 unspecified atom stereocenters. The number of aromatic nitrogens is 5. The predicted octanol–water partition coefficient (Wildman–Crippen LogP) is 1.17. The van der Waals surface area contributed by atoms with E-state index in [9.17, 15) is 0 Å². The van der Waals surface area contributed by atoms with Crippen molar-refractivity contribution in [3.8, 4) is 0 Å². The van der Waals surface area contributed by atoms with Crippen molar-refractivity contribution < 1.29 is 0 Å². The van der Waals surface area contributed by atoms with Crippen molar-refractivity contribution in [2.75, 3.05) is 0 Å². The van der Waals surface area contributed by atoms with E-state index >= 15 is 0 Å². The van der Waals surface area contributed by atoms with Crippen LogP contribution in [0.25, 0.3) is 0 Å². The van der Waals surface area contributed by atoms with Gasteiger partial charge in [-0.25, -0.2) is 4.68 Å². The van der Waals surface area contributed by atoms with E-state index in [-0.39, 0.29) is 6.04 Å². The minimum absolute atomic E-state index is 0.0166. The Balaban J connectivity index is 2.09. The highest BCUT2D eigenvalue weighted by Gasteiger charge is 2.10. The molecule has 98 valence electrons. The van der Waals surface area contributed by atoms with Crippen molar-refractivity contribution in [3.05, 3.63) is 29.3 Å². The Bertz CT molecular complexity index is 512. The number of nitrogens with zero attached hydrogens (tertiary/aromatic N) is 5. The fraction of sp³-hybridized carbons (Fsp3) is 0.583. The highest BCUT2D eigenvalue weighted by atomic mass is 15.4. The number of hydrogen-bond acceptors (Lipinski definition) is 4. The van der Waals surface area contributed by atoms with Crippen molar-refractivity contribution in [1.29, 1.82) is 0 Å². The molecule has 2 heterocycles. The summed E-state index contributed by atoms with van der Waals surface area (Å²) in [7, 11) is 1.93. The lowest BCUT2D eigenvalue weighted by molar-refractivity contribution is 0.597. The first kappa shape index (κ1) is 12.8. The first-order valence-corrected chi connectivity index (χ1v) is 6.25. The summed E-state index contributed by atoms with van der Waals surface area (Å²) in [4.78, 5) is 0. The lowest BCUT2D eigenvalue weighted by Crippen LogP contribution is -2.10. The quantitative estimate of drug-likeness (QED) is 0.862. The summed E-state index contributed by atoms with van der Waals surface area (Å²) in [6.45, 7) is 4.76. The van der Waals surface area contributed by atoms with Crippen molar-refractivity contribution in [3.63, 3.8) is 0 Å². The van der Waals surface area contributed by atoms with Gasteiger partial charge in [-0.2, -0.15) is 5.10 Å². The maximum atomic E-state index is 6.01. The monoisotopic (exact) mass is 248 g/mol. The van der Waals surface area contributed by atoms with Crippen LogP contribution < -0.4 is 5.73 Å². The first-order valence-electron chi connectivity index (χ1n) is 6.25. The standard InChI is InChI=1S/C12H20N6/c1-4-5-11(13)12-8-18(16-14-12)7-10-6-9(2)15-17(10)3/h6,8,11H,4-5,7,13H2,1-3H3. The molecule has 6 nitrogen and oxygen atoms in total. The van der Waals surface area contributed by atoms with Crippen LogP contribution in [0.2, 0.25) is 0 Å². The SMILES string of the molecule is CCCC(N)c1cn(Cc2cc(C)nn2C)nn1. The molecule has 0 amide bonds. The van der Waals surface area contributed by atoms with Crippen LogP contribution in [0.4, 0.5) is 0 Å². The molecule has 0 aliphatic rings. The van der Waals surface area contributed by atoms with Gasteiger partial charge in [0.15, 0.2) is 0 Å². The highest BCUT2D eigenvalue weighted by molar-refractivity contribution is 5.09. The van der Waals surface area contributed by atoms with Gasteiger partial charge in [0.2, 0.25) is 0 Å². The Hall–Kier alpha value is -1.69. The molecular weight excluding hydrogens is 228 g/mol. The van der Waals surface area contributed by atoms with Gasteiger partial charge in [-0.15, -0.1) is 5.10 Å². The zero-order valence-corrected chi connectivity index (χ0v) is 11.2. The Morgan fingerprint density at radius 3 is 2.83 bits per heavy atom.